The Labute approximate surface area is 167 Å². The molecule has 1 saturated heterocycles. The summed E-state index contributed by atoms with van der Waals surface area (Å²) in [7, 11) is 3.28. The second-order valence-corrected chi connectivity index (χ2v) is 7.30. The predicted octanol–water partition coefficient (Wildman–Crippen LogP) is 3.98. The largest absolute Gasteiger partial charge is 0.493 e. The number of amides is 1. The van der Waals surface area contributed by atoms with Gasteiger partial charge in [0.15, 0.2) is 11.5 Å². The van der Waals surface area contributed by atoms with Crippen LogP contribution in [0.5, 0.6) is 17.2 Å². The zero-order chi connectivity index (χ0) is 19.2. The lowest BCUT2D eigenvalue weighted by Crippen LogP contribution is -2.22. The lowest BCUT2D eigenvalue weighted by Gasteiger charge is -2.12. The highest BCUT2D eigenvalue weighted by Gasteiger charge is 2.28. The second-order valence-electron chi connectivity index (χ2n) is 5.63. The Kier molecular flexibility index (Phi) is 6.36. The first kappa shape index (κ1) is 19.3. The van der Waals surface area contributed by atoms with Gasteiger partial charge >= 0.3 is 0 Å². The Bertz CT molecular complexity index is 882. The predicted molar refractivity (Wildman–Crippen MR) is 111 cm³/mol. The van der Waals surface area contributed by atoms with Gasteiger partial charge in [0, 0.05) is 12.6 Å². The number of carbonyl (C=O) groups is 1. The standard InChI is InChI=1S/C20H19NO4S2/c1-21-19(22)18(27-20(21)26)13-14-7-3-4-8-15(14)24-11-12-25-17-10-6-5-9-16(17)23-2/h3-10,13H,11-12H2,1-2H3. The van der Waals surface area contributed by atoms with Crippen LogP contribution in [0.1, 0.15) is 5.56 Å². The van der Waals surface area contributed by atoms with E-state index in [9.17, 15) is 4.79 Å². The fourth-order valence-electron chi connectivity index (χ4n) is 2.46. The second kappa shape index (κ2) is 8.92. The number of likely N-dealkylation sites (N-methyl/N-ethyl adjacent to an activating group) is 1. The summed E-state index contributed by atoms with van der Waals surface area (Å²) in [6.07, 6.45) is 1.80. The van der Waals surface area contributed by atoms with Crippen molar-refractivity contribution in [3.05, 3.63) is 59.0 Å². The molecule has 3 rings (SSSR count). The van der Waals surface area contributed by atoms with Crippen LogP contribution >= 0.6 is 24.0 Å². The molecular formula is C20H19NO4S2. The van der Waals surface area contributed by atoms with E-state index in [1.54, 1.807) is 20.2 Å². The Morgan fingerprint density at radius 3 is 2.22 bits per heavy atom. The first-order chi connectivity index (χ1) is 13.1. The van der Waals surface area contributed by atoms with Crippen LogP contribution in [0.4, 0.5) is 0 Å². The summed E-state index contributed by atoms with van der Waals surface area (Å²) in [5.74, 6) is 1.94. The van der Waals surface area contributed by atoms with Crippen molar-refractivity contribution in [3.8, 4) is 17.2 Å². The summed E-state index contributed by atoms with van der Waals surface area (Å²) in [4.78, 5) is 14.2. The van der Waals surface area contributed by atoms with Crippen LogP contribution in [-0.2, 0) is 4.79 Å². The normalized spacial score (nSPS) is 15.3. The summed E-state index contributed by atoms with van der Waals surface area (Å²) in [6.45, 7) is 0.726. The molecule has 1 aliphatic heterocycles. The molecule has 1 heterocycles. The maximum absolute atomic E-state index is 12.2. The molecule has 1 aliphatic rings. The molecule has 0 radical (unpaired) electrons. The van der Waals surface area contributed by atoms with Crippen molar-refractivity contribution in [1.82, 2.24) is 4.90 Å². The Morgan fingerprint density at radius 1 is 1.00 bits per heavy atom. The fourth-order valence-corrected chi connectivity index (χ4v) is 3.63. The van der Waals surface area contributed by atoms with Crippen LogP contribution in [0, 0.1) is 0 Å². The van der Waals surface area contributed by atoms with Gasteiger partial charge in [0.05, 0.1) is 12.0 Å². The lowest BCUT2D eigenvalue weighted by molar-refractivity contribution is -0.121. The first-order valence-corrected chi connectivity index (χ1v) is 9.52. The number of para-hydroxylation sites is 3. The molecule has 0 aliphatic carbocycles. The van der Waals surface area contributed by atoms with E-state index in [1.165, 1.54) is 16.7 Å². The highest BCUT2D eigenvalue weighted by molar-refractivity contribution is 8.26. The molecule has 0 unspecified atom stereocenters. The van der Waals surface area contributed by atoms with Crippen LogP contribution in [0.3, 0.4) is 0 Å². The Balaban J connectivity index is 1.63. The molecule has 0 spiro atoms. The van der Waals surface area contributed by atoms with Crippen molar-refractivity contribution in [1.29, 1.82) is 0 Å². The van der Waals surface area contributed by atoms with Gasteiger partial charge in [-0.1, -0.05) is 54.3 Å². The Hall–Kier alpha value is -2.51. The third-order valence-corrected chi connectivity index (χ3v) is 5.34. The summed E-state index contributed by atoms with van der Waals surface area (Å²) in [5.41, 5.74) is 0.823. The van der Waals surface area contributed by atoms with E-state index in [4.69, 9.17) is 26.4 Å². The minimum Gasteiger partial charge on any atom is -0.493 e. The minimum absolute atomic E-state index is 0.0979. The van der Waals surface area contributed by atoms with E-state index in [-0.39, 0.29) is 5.91 Å². The first-order valence-electron chi connectivity index (χ1n) is 8.29. The van der Waals surface area contributed by atoms with Crippen LogP contribution in [0.15, 0.2) is 53.4 Å². The minimum atomic E-state index is -0.0979. The van der Waals surface area contributed by atoms with Gasteiger partial charge in [-0.2, -0.15) is 0 Å². The van der Waals surface area contributed by atoms with Crippen LogP contribution in [-0.4, -0.2) is 42.5 Å². The SMILES string of the molecule is COc1ccccc1OCCOc1ccccc1C=C1SC(=S)N(C)C1=O. The van der Waals surface area contributed by atoms with Gasteiger partial charge in [-0.25, -0.2) is 0 Å². The molecule has 2 aromatic rings. The van der Waals surface area contributed by atoms with Crippen LogP contribution < -0.4 is 14.2 Å². The molecule has 5 nitrogen and oxygen atoms in total. The zero-order valence-corrected chi connectivity index (χ0v) is 16.6. The average molecular weight is 402 g/mol. The highest BCUT2D eigenvalue weighted by Crippen LogP contribution is 2.33. The number of ether oxygens (including phenoxy) is 3. The van der Waals surface area contributed by atoms with Crippen molar-refractivity contribution in [2.24, 2.45) is 0 Å². The van der Waals surface area contributed by atoms with Gasteiger partial charge in [-0.15, -0.1) is 0 Å². The molecule has 1 amide bonds. The molecule has 27 heavy (non-hydrogen) atoms. The van der Waals surface area contributed by atoms with Crippen molar-refractivity contribution in [3.63, 3.8) is 0 Å². The molecule has 0 atom stereocenters. The quantitative estimate of drug-likeness (QED) is 0.397. The van der Waals surface area contributed by atoms with E-state index < -0.39 is 0 Å². The highest BCUT2D eigenvalue weighted by atomic mass is 32.2. The van der Waals surface area contributed by atoms with Crippen molar-refractivity contribution in [2.75, 3.05) is 27.4 Å². The number of thioether (sulfide) groups is 1. The van der Waals surface area contributed by atoms with E-state index in [2.05, 4.69) is 0 Å². The van der Waals surface area contributed by atoms with Crippen molar-refractivity contribution < 1.29 is 19.0 Å². The zero-order valence-electron chi connectivity index (χ0n) is 15.0. The molecule has 0 saturated carbocycles. The maximum atomic E-state index is 12.2. The molecule has 140 valence electrons. The molecule has 1 fully saturated rings. The van der Waals surface area contributed by atoms with Gasteiger partial charge in [0.25, 0.3) is 5.91 Å². The van der Waals surface area contributed by atoms with Gasteiger partial charge in [-0.05, 0) is 24.3 Å². The number of carbonyl (C=O) groups excluding carboxylic acids is 1. The summed E-state index contributed by atoms with van der Waals surface area (Å²) in [6, 6.07) is 15.0. The summed E-state index contributed by atoms with van der Waals surface area (Å²) in [5, 5.41) is 0. The van der Waals surface area contributed by atoms with Gasteiger partial charge in [0.2, 0.25) is 0 Å². The van der Waals surface area contributed by atoms with E-state index in [0.29, 0.717) is 39.7 Å². The number of hydrogen-bond acceptors (Lipinski definition) is 6. The summed E-state index contributed by atoms with van der Waals surface area (Å²) >= 11 is 6.46. The van der Waals surface area contributed by atoms with Crippen molar-refractivity contribution >= 4 is 40.3 Å². The van der Waals surface area contributed by atoms with Gasteiger partial charge in [-0.3, -0.25) is 9.69 Å². The third kappa shape index (κ3) is 4.61. The van der Waals surface area contributed by atoms with E-state index >= 15 is 0 Å². The maximum Gasteiger partial charge on any atom is 0.265 e. The molecule has 7 heteroatoms. The monoisotopic (exact) mass is 401 g/mol. The third-order valence-electron chi connectivity index (χ3n) is 3.86. The number of benzene rings is 2. The van der Waals surface area contributed by atoms with Gasteiger partial charge < -0.3 is 14.2 Å². The molecule has 0 bridgehead atoms. The number of hydrogen-bond donors (Lipinski definition) is 0. The number of thiocarbonyl (C=S) groups is 1. The number of nitrogens with zero attached hydrogens (tertiary/aromatic N) is 1. The lowest BCUT2D eigenvalue weighted by atomic mass is 10.2. The number of methoxy groups -OCH3 is 1. The summed E-state index contributed by atoms with van der Waals surface area (Å²) < 4.78 is 17.4. The fraction of sp³-hybridized carbons (Fsp3) is 0.200. The van der Waals surface area contributed by atoms with E-state index in [0.717, 1.165) is 5.56 Å². The molecule has 2 aromatic carbocycles. The Morgan fingerprint density at radius 2 is 1.59 bits per heavy atom. The topological polar surface area (TPSA) is 48.0 Å². The average Bonchev–Trinajstić information content (AvgIpc) is 2.93. The molecule has 0 aromatic heterocycles. The van der Waals surface area contributed by atoms with Crippen LogP contribution in [0.25, 0.3) is 6.08 Å². The van der Waals surface area contributed by atoms with Gasteiger partial charge in [0.1, 0.15) is 23.3 Å². The van der Waals surface area contributed by atoms with Crippen molar-refractivity contribution in [2.45, 2.75) is 0 Å². The van der Waals surface area contributed by atoms with E-state index in [1.807, 2.05) is 48.5 Å². The smallest absolute Gasteiger partial charge is 0.265 e. The molecule has 0 N–H and O–H groups in total. The molecular weight excluding hydrogens is 382 g/mol. The number of rotatable bonds is 7. The van der Waals surface area contributed by atoms with Crippen LogP contribution in [0.2, 0.25) is 0 Å².